The van der Waals surface area contributed by atoms with Crippen molar-refractivity contribution in [2.45, 2.75) is 26.9 Å². The maximum absolute atomic E-state index is 12.7. The van der Waals surface area contributed by atoms with E-state index in [-0.39, 0.29) is 0 Å². The van der Waals surface area contributed by atoms with Crippen LogP contribution in [0.1, 0.15) is 22.5 Å². The quantitative estimate of drug-likeness (QED) is 0.709. The number of alkyl halides is 3. The molecule has 0 N–H and O–H groups in total. The van der Waals surface area contributed by atoms with Gasteiger partial charge in [0.1, 0.15) is 0 Å². The van der Waals surface area contributed by atoms with E-state index in [2.05, 4.69) is 0 Å². The highest BCUT2D eigenvalue weighted by molar-refractivity contribution is 5.47. The van der Waals surface area contributed by atoms with Gasteiger partial charge in [-0.15, -0.1) is 0 Å². The van der Waals surface area contributed by atoms with Gasteiger partial charge in [0.05, 0.1) is 5.56 Å². The van der Waals surface area contributed by atoms with E-state index in [1.807, 2.05) is 37.5 Å². The Labute approximate surface area is 104 Å². The van der Waals surface area contributed by atoms with Crippen molar-refractivity contribution in [2.24, 2.45) is 0 Å². The van der Waals surface area contributed by atoms with E-state index < -0.39 is 11.7 Å². The van der Waals surface area contributed by atoms with Crippen molar-refractivity contribution in [3.05, 3.63) is 52.8 Å². The van der Waals surface area contributed by atoms with Crippen LogP contribution in [0.25, 0.3) is 5.69 Å². The van der Waals surface area contributed by atoms with Gasteiger partial charge in [0, 0.05) is 17.1 Å². The van der Waals surface area contributed by atoms with Gasteiger partial charge >= 0.3 is 6.18 Å². The van der Waals surface area contributed by atoms with Crippen LogP contribution in [0.15, 0.2) is 30.3 Å². The van der Waals surface area contributed by atoms with Crippen LogP contribution >= 0.6 is 0 Å². The van der Waals surface area contributed by atoms with Gasteiger partial charge < -0.3 is 4.57 Å². The fourth-order valence-electron chi connectivity index (χ4n) is 2.08. The van der Waals surface area contributed by atoms with Crippen molar-refractivity contribution in [3.63, 3.8) is 0 Å². The molecule has 0 unspecified atom stereocenters. The lowest BCUT2D eigenvalue weighted by atomic mass is 10.1. The Bertz CT molecular complexity index is 560. The van der Waals surface area contributed by atoms with Crippen LogP contribution in [0.5, 0.6) is 0 Å². The minimum atomic E-state index is -4.31. The van der Waals surface area contributed by atoms with Crippen LogP contribution in [0, 0.1) is 20.8 Å². The average Bonchev–Trinajstić information content (AvgIpc) is 2.58. The van der Waals surface area contributed by atoms with E-state index in [9.17, 15) is 13.2 Å². The molecule has 0 saturated carbocycles. The van der Waals surface area contributed by atoms with Crippen molar-refractivity contribution in [1.82, 2.24) is 4.57 Å². The van der Waals surface area contributed by atoms with E-state index in [4.69, 9.17) is 0 Å². The number of hydrogen-bond acceptors (Lipinski definition) is 0. The van der Waals surface area contributed by atoms with Crippen LogP contribution in [0.3, 0.4) is 0 Å². The summed E-state index contributed by atoms with van der Waals surface area (Å²) in [6, 6.07) is 7.63. The zero-order valence-electron chi connectivity index (χ0n) is 10.5. The van der Waals surface area contributed by atoms with Gasteiger partial charge in [-0.25, -0.2) is 0 Å². The highest BCUT2D eigenvalue weighted by Crippen LogP contribution is 2.32. The molecule has 0 bridgehead atoms. The first-order chi connectivity index (χ1) is 8.30. The number of rotatable bonds is 1. The molecule has 1 heterocycles. The molecule has 2 aromatic rings. The third-order valence-corrected chi connectivity index (χ3v) is 3.05. The molecule has 4 heteroatoms. The molecule has 0 aliphatic heterocycles. The van der Waals surface area contributed by atoms with E-state index in [0.29, 0.717) is 5.69 Å². The highest BCUT2D eigenvalue weighted by atomic mass is 19.4. The van der Waals surface area contributed by atoms with Gasteiger partial charge in [0.15, 0.2) is 0 Å². The van der Waals surface area contributed by atoms with Crippen LogP contribution in [0.4, 0.5) is 13.2 Å². The smallest absolute Gasteiger partial charge is 0.318 e. The minimum absolute atomic E-state index is 0.588. The minimum Gasteiger partial charge on any atom is -0.318 e. The lowest BCUT2D eigenvalue weighted by molar-refractivity contribution is -0.137. The number of benzene rings is 1. The molecule has 1 nitrogen and oxygen atoms in total. The normalized spacial score (nSPS) is 11.9. The molecular weight excluding hydrogens is 239 g/mol. The van der Waals surface area contributed by atoms with E-state index in [0.717, 1.165) is 23.0 Å². The SMILES string of the molecule is Cc1ccc(C(F)(F)F)cc1-n1c(C)ccc1C. The van der Waals surface area contributed by atoms with Crippen LogP contribution in [0.2, 0.25) is 0 Å². The number of aromatic nitrogens is 1. The van der Waals surface area contributed by atoms with Crippen molar-refractivity contribution < 1.29 is 13.2 Å². The second-order valence-electron chi connectivity index (χ2n) is 4.45. The Kier molecular flexibility index (Phi) is 2.97. The molecule has 0 aliphatic carbocycles. The van der Waals surface area contributed by atoms with Gasteiger partial charge in [-0.05, 0) is 50.6 Å². The third kappa shape index (κ3) is 2.15. The lowest BCUT2D eigenvalue weighted by Gasteiger charge is -2.15. The van der Waals surface area contributed by atoms with Crippen LogP contribution in [-0.2, 0) is 6.18 Å². The average molecular weight is 253 g/mol. The summed E-state index contributed by atoms with van der Waals surface area (Å²) in [6.07, 6.45) is -4.31. The maximum atomic E-state index is 12.7. The molecule has 2 rings (SSSR count). The Morgan fingerprint density at radius 2 is 1.44 bits per heavy atom. The zero-order chi connectivity index (χ0) is 13.5. The fourth-order valence-corrected chi connectivity index (χ4v) is 2.08. The van der Waals surface area contributed by atoms with Gasteiger partial charge in [0.25, 0.3) is 0 Å². The fraction of sp³-hybridized carbons (Fsp3) is 0.286. The molecule has 0 aliphatic rings. The number of hydrogen-bond donors (Lipinski definition) is 0. The van der Waals surface area contributed by atoms with Gasteiger partial charge in [-0.3, -0.25) is 0 Å². The summed E-state index contributed by atoms with van der Waals surface area (Å²) < 4.78 is 40.0. The summed E-state index contributed by atoms with van der Waals surface area (Å²) in [4.78, 5) is 0. The van der Waals surface area contributed by atoms with E-state index in [1.165, 1.54) is 12.1 Å². The first-order valence-corrected chi connectivity index (χ1v) is 5.64. The standard InChI is InChI=1S/C14H14F3N/c1-9-4-7-12(14(15,16)17)8-13(9)18-10(2)5-6-11(18)3/h4-8H,1-3H3. The Morgan fingerprint density at radius 1 is 0.889 bits per heavy atom. The first kappa shape index (κ1) is 12.7. The first-order valence-electron chi connectivity index (χ1n) is 5.64. The Balaban J connectivity index is 2.65. The lowest BCUT2D eigenvalue weighted by Crippen LogP contribution is -2.08. The Morgan fingerprint density at radius 3 is 1.94 bits per heavy atom. The topological polar surface area (TPSA) is 4.93 Å². The highest BCUT2D eigenvalue weighted by Gasteiger charge is 2.31. The maximum Gasteiger partial charge on any atom is 0.416 e. The summed E-state index contributed by atoms with van der Waals surface area (Å²) in [7, 11) is 0. The third-order valence-electron chi connectivity index (χ3n) is 3.05. The molecule has 0 saturated heterocycles. The number of halogens is 3. The Hall–Kier alpha value is -1.71. The molecule has 0 spiro atoms. The van der Waals surface area contributed by atoms with Gasteiger partial charge in [-0.2, -0.15) is 13.2 Å². The zero-order valence-corrected chi connectivity index (χ0v) is 10.5. The molecule has 0 radical (unpaired) electrons. The molecule has 0 atom stereocenters. The summed E-state index contributed by atoms with van der Waals surface area (Å²) >= 11 is 0. The largest absolute Gasteiger partial charge is 0.416 e. The van der Waals surface area contributed by atoms with Gasteiger partial charge in [0.2, 0.25) is 0 Å². The molecule has 1 aromatic carbocycles. The molecule has 0 fully saturated rings. The molecule has 0 amide bonds. The van der Waals surface area contributed by atoms with Crippen LogP contribution in [-0.4, -0.2) is 4.57 Å². The summed E-state index contributed by atoms with van der Waals surface area (Å²) in [5.74, 6) is 0. The van der Waals surface area contributed by atoms with Crippen molar-refractivity contribution in [3.8, 4) is 5.69 Å². The molecule has 18 heavy (non-hydrogen) atoms. The number of aryl methyl sites for hydroxylation is 3. The second kappa shape index (κ2) is 4.19. The van der Waals surface area contributed by atoms with Crippen LogP contribution < -0.4 is 0 Å². The summed E-state index contributed by atoms with van der Waals surface area (Å²) in [5.41, 5.74) is 2.65. The molecule has 1 aromatic heterocycles. The predicted octanol–water partition coefficient (Wildman–Crippen LogP) is 4.42. The summed E-state index contributed by atoms with van der Waals surface area (Å²) in [5, 5.41) is 0. The van der Waals surface area contributed by atoms with Gasteiger partial charge in [-0.1, -0.05) is 6.07 Å². The monoisotopic (exact) mass is 253 g/mol. The molecule has 96 valence electrons. The van der Waals surface area contributed by atoms with Crippen molar-refractivity contribution in [1.29, 1.82) is 0 Å². The van der Waals surface area contributed by atoms with E-state index >= 15 is 0 Å². The predicted molar refractivity (Wildman–Crippen MR) is 65.0 cm³/mol. The van der Waals surface area contributed by atoms with Crippen molar-refractivity contribution >= 4 is 0 Å². The number of nitrogens with zero attached hydrogens (tertiary/aromatic N) is 1. The molecular formula is C14H14F3N. The van der Waals surface area contributed by atoms with E-state index in [1.54, 1.807) is 0 Å². The van der Waals surface area contributed by atoms with Crippen molar-refractivity contribution in [2.75, 3.05) is 0 Å². The second-order valence-corrected chi connectivity index (χ2v) is 4.45. The summed E-state index contributed by atoms with van der Waals surface area (Å²) in [6.45, 7) is 5.58.